The number of imide groups is 2. The Balaban J connectivity index is 2.03. The van der Waals surface area contributed by atoms with Crippen molar-refractivity contribution in [1.82, 2.24) is 5.32 Å². The lowest BCUT2D eigenvalue weighted by molar-refractivity contribution is -0.122. The van der Waals surface area contributed by atoms with Crippen molar-refractivity contribution in [2.24, 2.45) is 0 Å². The molecular formula is C15H7BrFIN2O4. The number of barbiturate groups is 1. The van der Waals surface area contributed by atoms with Crippen molar-refractivity contribution in [3.05, 3.63) is 55.7 Å². The summed E-state index contributed by atoms with van der Waals surface area (Å²) in [7, 11) is 0. The molecule has 0 bridgehead atoms. The third-order valence-electron chi connectivity index (χ3n) is 3.12. The van der Waals surface area contributed by atoms with Crippen LogP contribution in [0.15, 0.2) is 44.8 Å². The maximum atomic E-state index is 13.4. The minimum atomic E-state index is -0.942. The number of furan rings is 1. The predicted molar refractivity (Wildman–Crippen MR) is 94.5 cm³/mol. The lowest BCUT2D eigenvalue weighted by Crippen LogP contribution is -2.54. The van der Waals surface area contributed by atoms with E-state index < -0.39 is 23.7 Å². The van der Waals surface area contributed by atoms with Gasteiger partial charge in [-0.05, 0) is 46.3 Å². The van der Waals surface area contributed by atoms with Crippen molar-refractivity contribution in [3.63, 3.8) is 0 Å². The highest BCUT2D eigenvalue weighted by Gasteiger charge is 2.37. The topological polar surface area (TPSA) is 79.6 Å². The summed E-state index contributed by atoms with van der Waals surface area (Å²) in [5.41, 5.74) is -0.275. The van der Waals surface area contributed by atoms with Crippen molar-refractivity contribution in [3.8, 4) is 0 Å². The smallest absolute Gasteiger partial charge is 0.335 e. The molecule has 0 atom stereocenters. The molecule has 1 aliphatic heterocycles. The Bertz CT molecular complexity index is 889. The van der Waals surface area contributed by atoms with Gasteiger partial charge in [-0.2, -0.15) is 0 Å². The molecule has 0 spiro atoms. The molecule has 9 heteroatoms. The highest BCUT2D eigenvalue weighted by Crippen LogP contribution is 2.26. The number of carbonyl (C=O) groups excluding carboxylic acids is 3. The van der Waals surface area contributed by atoms with E-state index in [0.29, 0.717) is 13.1 Å². The van der Waals surface area contributed by atoms with Crippen LogP contribution in [0.3, 0.4) is 0 Å². The first-order valence-electron chi connectivity index (χ1n) is 6.48. The van der Waals surface area contributed by atoms with Crippen molar-refractivity contribution >= 4 is 68.1 Å². The molecule has 0 aliphatic carbocycles. The van der Waals surface area contributed by atoms with E-state index in [-0.39, 0.29) is 17.0 Å². The summed E-state index contributed by atoms with van der Waals surface area (Å²) in [5, 5.41) is 2.05. The first kappa shape index (κ1) is 16.8. The number of hydrogen-bond donors (Lipinski definition) is 1. The number of nitrogens with zero attached hydrogens (tertiary/aromatic N) is 1. The van der Waals surface area contributed by atoms with Gasteiger partial charge in [-0.3, -0.25) is 14.9 Å². The van der Waals surface area contributed by atoms with E-state index in [1.165, 1.54) is 24.3 Å². The van der Waals surface area contributed by atoms with Gasteiger partial charge in [-0.25, -0.2) is 14.1 Å². The molecule has 0 radical (unpaired) electrons. The number of nitrogens with one attached hydrogen (secondary N) is 1. The standard InChI is InChI=1S/C15H7BrFIN2O4/c16-11-6-9(24-12(11)18)5-10-13(21)19-15(23)20(14(10)22)8-3-1-2-7(17)4-8/h1-6H,(H,19,21,23)/b10-5+. The van der Waals surface area contributed by atoms with Crippen LogP contribution in [0.25, 0.3) is 6.08 Å². The zero-order valence-electron chi connectivity index (χ0n) is 11.7. The Kier molecular flexibility index (Phi) is 4.54. The van der Waals surface area contributed by atoms with Gasteiger partial charge in [-0.15, -0.1) is 0 Å². The lowest BCUT2D eigenvalue weighted by Gasteiger charge is -2.26. The van der Waals surface area contributed by atoms with Gasteiger partial charge in [0.15, 0.2) is 3.77 Å². The molecule has 0 saturated carbocycles. The van der Waals surface area contributed by atoms with E-state index in [0.717, 1.165) is 6.07 Å². The number of halogens is 3. The average Bonchev–Trinajstić information content (AvgIpc) is 2.82. The third kappa shape index (κ3) is 3.13. The molecule has 1 saturated heterocycles. The van der Waals surface area contributed by atoms with Gasteiger partial charge in [0.25, 0.3) is 11.8 Å². The van der Waals surface area contributed by atoms with Gasteiger partial charge in [0, 0.05) is 22.6 Å². The zero-order valence-corrected chi connectivity index (χ0v) is 15.4. The number of anilines is 1. The van der Waals surface area contributed by atoms with Crippen LogP contribution in [-0.4, -0.2) is 17.8 Å². The summed E-state index contributed by atoms with van der Waals surface area (Å²) in [6.07, 6.45) is 1.23. The average molecular weight is 505 g/mol. The minimum Gasteiger partial charge on any atom is -0.450 e. The Morgan fingerprint density at radius 2 is 2.00 bits per heavy atom. The number of hydrogen-bond acceptors (Lipinski definition) is 4. The van der Waals surface area contributed by atoms with Gasteiger partial charge >= 0.3 is 6.03 Å². The van der Waals surface area contributed by atoms with E-state index in [9.17, 15) is 18.8 Å². The molecule has 24 heavy (non-hydrogen) atoms. The molecule has 0 unspecified atom stereocenters. The third-order valence-corrected chi connectivity index (χ3v) is 5.25. The van der Waals surface area contributed by atoms with Gasteiger partial charge in [0.1, 0.15) is 17.2 Å². The minimum absolute atomic E-state index is 0.0195. The summed E-state index contributed by atoms with van der Waals surface area (Å²) < 4.78 is 19.9. The molecule has 1 aromatic carbocycles. The normalized spacial score (nSPS) is 16.7. The molecule has 4 amide bonds. The molecule has 122 valence electrons. The first-order valence-corrected chi connectivity index (χ1v) is 8.36. The van der Waals surface area contributed by atoms with Gasteiger partial charge in [-0.1, -0.05) is 6.07 Å². The molecular weight excluding hydrogens is 498 g/mol. The molecule has 6 nitrogen and oxygen atoms in total. The summed E-state index contributed by atoms with van der Waals surface area (Å²) in [6.45, 7) is 0. The van der Waals surface area contributed by atoms with E-state index >= 15 is 0 Å². The fraction of sp³-hybridized carbons (Fsp3) is 0. The van der Waals surface area contributed by atoms with E-state index in [4.69, 9.17) is 4.42 Å². The van der Waals surface area contributed by atoms with Crippen molar-refractivity contribution in [2.45, 2.75) is 0 Å². The molecule has 2 heterocycles. The van der Waals surface area contributed by atoms with E-state index in [1.807, 2.05) is 22.6 Å². The molecule has 1 N–H and O–H groups in total. The fourth-order valence-corrected chi connectivity index (χ4v) is 2.80. The lowest BCUT2D eigenvalue weighted by atomic mass is 10.1. The summed E-state index contributed by atoms with van der Waals surface area (Å²) in [6, 6.07) is 5.59. The summed E-state index contributed by atoms with van der Waals surface area (Å²) in [4.78, 5) is 37.2. The van der Waals surface area contributed by atoms with Crippen molar-refractivity contribution < 1.29 is 23.2 Å². The van der Waals surface area contributed by atoms with Gasteiger partial charge < -0.3 is 4.42 Å². The van der Waals surface area contributed by atoms with Crippen LogP contribution in [0.1, 0.15) is 5.76 Å². The second-order valence-electron chi connectivity index (χ2n) is 4.71. The summed E-state index contributed by atoms with van der Waals surface area (Å²) in [5.74, 6) is -2.06. The number of carbonyl (C=O) groups is 3. The SMILES string of the molecule is O=C1NC(=O)N(c2cccc(F)c2)C(=O)/C1=C/c1cc(Br)c(I)o1. The van der Waals surface area contributed by atoms with Crippen molar-refractivity contribution in [1.29, 1.82) is 0 Å². The molecule has 1 aliphatic rings. The van der Waals surface area contributed by atoms with Crippen LogP contribution in [0.4, 0.5) is 14.9 Å². The second kappa shape index (κ2) is 6.48. The Morgan fingerprint density at radius 1 is 1.25 bits per heavy atom. The summed E-state index contributed by atoms with van der Waals surface area (Å²) >= 11 is 5.19. The number of amides is 4. The van der Waals surface area contributed by atoms with Gasteiger partial charge in [0.05, 0.1) is 10.2 Å². The second-order valence-corrected chi connectivity index (χ2v) is 6.54. The molecule has 1 fully saturated rings. The fourth-order valence-electron chi connectivity index (χ4n) is 2.08. The van der Waals surface area contributed by atoms with Crippen LogP contribution >= 0.6 is 38.5 Å². The Morgan fingerprint density at radius 3 is 2.62 bits per heavy atom. The van der Waals surface area contributed by atoms with Crippen molar-refractivity contribution in [2.75, 3.05) is 4.90 Å². The van der Waals surface area contributed by atoms with Crippen LogP contribution in [0, 0.1) is 9.58 Å². The predicted octanol–water partition coefficient (Wildman–Crippen LogP) is 3.45. The van der Waals surface area contributed by atoms with E-state index in [2.05, 4.69) is 21.2 Å². The number of urea groups is 1. The van der Waals surface area contributed by atoms with Crippen LogP contribution in [-0.2, 0) is 9.59 Å². The van der Waals surface area contributed by atoms with E-state index in [1.54, 1.807) is 6.07 Å². The highest BCUT2D eigenvalue weighted by molar-refractivity contribution is 14.1. The van der Waals surface area contributed by atoms with Crippen LogP contribution < -0.4 is 10.2 Å². The number of rotatable bonds is 2. The zero-order chi connectivity index (χ0) is 17.4. The molecule has 2 aromatic rings. The maximum absolute atomic E-state index is 13.4. The van der Waals surface area contributed by atoms with Crippen LogP contribution in [0.5, 0.6) is 0 Å². The molecule has 1 aromatic heterocycles. The van der Waals surface area contributed by atoms with Crippen LogP contribution in [0.2, 0.25) is 0 Å². The quantitative estimate of drug-likeness (QED) is 0.386. The first-order chi connectivity index (χ1) is 11.4. The molecule has 3 rings (SSSR count). The Hall–Kier alpha value is -2.01. The largest absolute Gasteiger partial charge is 0.450 e. The monoisotopic (exact) mass is 504 g/mol. The number of benzene rings is 1. The highest BCUT2D eigenvalue weighted by atomic mass is 127. The Labute approximate surface area is 157 Å². The van der Waals surface area contributed by atoms with Gasteiger partial charge in [0.2, 0.25) is 0 Å². The maximum Gasteiger partial charge on any atom is 0.335 e.